The predicted octanol–water partition coefficient (Wildman–Crippen LogP) is 1.50. The molecule has 2 N–H and O–H groups in total. The molecule has 1 fully saturated rings. The standard InChI is InChI=1S/C17H28N2O2/c1-19-9-7-15(8-10-19)11-18-12-17(20)14-21-13-16-5-3-2-4-6-16/h2-6,15,17-18,20H,7-14H2,1H3. The van der Waals surface area contributed by atoms with Gasteiger partial charge < -0.3 is 20.1 Å². The molecule has 0 amide bonds. The van der Waals surface area contributed by atoms with E-state index in [1.54, 1.807) is 0 Å². The highest BCUT2D eigenvalue weighted by Gasteiger charge is 2.16. The molecule has 118 valence electrons. The maximum absolute atomic E-state index is 9.90. The second kappa shape index (κ2) is 9.15. The molecule has 1 atom stereocenters. The minimum Gasteiger partial charge on any atom is -0.389 e. The quantitative estimate of drug-likeness (QED) is 0.762. The first-order valence-corrected chi connectivity index (χ1v) is 7.93. The number of nitrogens with one attached hydrogen (secondary N) is 1. The van der Waals surface area contributed by atoms with Gasteiger partial charge in [0.15, 0.2) is 0 Å². The van der Waals surface area contributed by atoms with Crippen molar-refractivity contribution in [2.45, 2.75) is 25.6 Å². The summed E-state index contributed by atoms with van der Waals surface area (Å²) in [4.78, 5) is 2.38. The van der Waals surface area contributed by atoms with Crippen LogP contribution in [0.5, 0.6) is 0 Å². The first-order chi connectivity index (χ1) is 10.2. The molecular formula is C17H28N2O2. The Balaban J connectivity index is 1.50. The highest BCUT2D eigenvalue weighted by atomic mass is 16.5. The minimum atomic E-state index is -0.431. The second-order valence-electron chi connectivity index (χ2n) is 6.06. The van der Waals surface area contributed by atoms with Gasteiger partial charge >= 0.3 is 0 Å². The predicted molar refractivity (Wildman–Crippen MR) is 85.2 cm³/mol. The van der Waals surface area contributed by atoms with Crippen molar-refractivity contribution in [3.8, 4) is 0 Å². The summed E-state index contributed by atoms with van der Waals surface area (Å²) in [5.41, 5.74) is 1.14. The number of piperidine rings is 1. The molecule has 2 rings (SSSR count). The van der Waals surface area contributed by atoms with Gasteiger partial charge in [-0.1, -0.05) is 30.3 Å². The van der Waals surface area contributed by atoms with Crippen molar-refractivity contribution in [1.29, 1.82) is 0 Å². The van der Waals surface area contributed by atoms with Gasteiger partial charge in [0, 0.05) is 6.54 Å². The van der Waals surface area contributed by atoms with Crippen molar-refractivity contribution in [3.05, 3.63) is 35.9 Å². The van der Waals surface area contributed by atoms with E-state index < -0.39 is 6.10 Å². The summed E-state index contributed by atoms with van der Waals surface area (Å²) in [5.74, 6) is 0.749. The maximum Gasteiger partial charge on any atom is 0.0897 e. The van der Waals surface area contributed by atoms with Crippen molar-refractivity contribution in [3.63, 3.8) is 0 Å². The van der Waals surface area contributed by atoms with Crippen LogP contribution in [0, 0.1) is 5.92 Å². The molecule has 1 aromatic carbocycles. The van der Waals surface area contributed by atoms with Gasteiger partial charge in [-0.05, 0) is 51.0 Å². The van der Waals surface area contributed by atoms with Gasteiger partial charge in [0.25, 0.3) is 0 Å². The van der Waals surface area contributed by atoms with E-state index in [1.807, 2.05) is 30.3 Å². The Kier molecular flexibility index (Phi) is 7.16. The summed E-state index contributed by atoms with van der Waals surface area (Å²) in [5, 5.41) is 13.3. The zero-order valence-electron chi connectivity index (χ0n) is 13.0. The third kappa shape index (κ3) is 6.57. The number of ether oxygens (including phenoxy) is 1. The van der Waals surface area contributed by atoms with Gasteiger partial charge in [-0.2, -0.15) is 0 Å². The van der Waals surface area contributed by atoms with Gasteiger partial charge in [0.1, 0.15) is 0 Å². The smallest absolute Gasteiger partial charge is 0.0897 e. The first-order valence-electron chi connectivity index (χ1n) is 7.93. The van der Waals surface area contributed by atoms with E-state index in [0.29, 0.717) is 19.8 Å². The van der Waals surface area contributed by atoms with Crippen LogP contribution in [0.25, 0.3) is 0 Å². The molecule has 0 spiro atoms. The molecule has 0 aromatic heterocycles. The van der Waals surface area contributed by atoms with E-state index in [9.17, 15) is 5.11 Å². The largest absolute Gasteiger partial charge is 0.389 e. The molecule has 0 bridgehead atoms. The number of benzene rings is 1. The lowest BCUT2D eigenvalue weighted by Gasteiger charge is -2.29. The highest BCUT2D eigenvalue weighted by molar-refractivity contribution is 5.13. The lowest BCUT2D eigenvalue weighted by Crippen LogP contribution is -2.38. The molecule has 1 aliphatic rings. The third-order valence-corrected chi connectivity index (χ3v) is 4.07. The molecule has 1 saturated heterocycles. The zero-order valence-corrected chi connectivity index (χ0v) is 13.0. The molecule has 21 heavy (non-hydrogen) atoms. The minimum absolute atomic E-state index is 0.384. The van der Waals surface area contributed by atoms with Crippen LogP contribution < -0.4 is 5.32 Å². The number of aliphatic hydroxyl groups excluding tert-OH is 1. The van der Waals surface area contributed by atoms with E-state index in [4.69, 9.17) is 4.74 Å². The van der Waals surface area contributed by atoms with E-state index in [-0.39, 0.29) is 0 Å². The number of hydrogen-bond acceptors (Lipinski definition) is 4. The molecule has 0 saturated carbocycles. The molecular weight excluding hydrogens is 264 g/mol. The van der Waals surface area contributed by atoms with Crippen LogP contribution in [0.15, 0.2) is 30.3 Å². The Morgan fingerprint density at radius 1 is 1.29 bits per heavy atom. The lowest BCUT2D eigenvalue weighted by molar-refractivity contribution is 0.0282. The molecule has 1 aromatic rings. The summed E-state index contributed by atoms with van der Waals surface area (Å²) < 4.78 is 5.54. The van der Waals surface area contributed by atoms with Crippen molar-refractivity contribution in [2.75, 3.05) is 39.8 Å². The lowest BCUT2D eigenvalue weighted by atomic mass is 9.97. The Morgan fingerprint density at radius 3 is 2.71 bits per heavy atom. The van der Waals surface area contributed by atoms with Crippen LogP contribution in [0.2, 0.25) is 0 Å². The summed E-state index contributed by atoms with van der Waals surface area (Å²) in [6.07, 6.45) is 2.08. The average Bonchev–Trinajstić information content (AvgIpc) is 2.50. The fourth-order valence-electron chi connectivity index (χ4n) is 2.67. The van der Waals surface area contributed by atoms with Crippen LogP contribution in [-0.4, -0.2) is 55.9 Å². The zero-order chi connectivity index (χ0) is 14.9. The van der Waals surface area contributed by atoms with Crippen LogP contribution in [0.1, 0.15) is 18.4 Å². The second-order valence-corrected chi connectivity index (χ2v) is 6.06. The van der Waals surface area contributed by atoms with Crippen LogP contribution in [-0.2, 0) is 11.3 Å². The number of likely N-dealkylation sites (tertiary alicyclic amines) is 1. The van der Waals surface area contributed by atoms with Gasteiger partial charge in [-0.3, -0.25) is 0 Å². The normalized spacial score (nSPS) is 18.8. The molecule has 1 heterocycles. The highest BCUT2D eigenvalue weighted by Crippen LogP contribution is 2.14. The third-order valence-electron chi connectivity index (χ3n) is 4.07. The van der Waals surface area contributed by atoms with Crippen molar-refractivity contribution in [2.24, 2.45) is 5.92 Å². The molecule has 1 aliphatic heterocycles. The maximum atomic E-state index is 9.90. The van der Waals surface area contributed by atoms with Crippen molar-refractivity contribution < 1.29 is 9.84 Å². The van der Waals surface area contributed by atoms with E-state index in [0.717, 1.165) is 18.0 Å². The Morgan fingerprint density at radius 2 is 2.00 bits per heavy atom. The van der Waals surface area contributed by atoms with Crippen LogP contribution in [0.3, 0.4) is 0 Å². The summed E-state index contributed by atoms with van der Waals surface area (Å²) in [6, 6.07) is 10.1. The van der Waals surface area contributed by atoms with E-state index in [2.05, 4.69) is 17.3 Å². The summed E-state index contributed by atoms with van der Waals surface area (Å²) >= 11 is 0. The van der Waals surface area contributed by atoms with Crippen LogP contribution in [0.4, 0.5) is 0 Å². The molecule has 4 heteroatoms. The number of nitrogens with zero attached hydrogens (tertiary/aromatic N) is 1. The Hall–Kier alpha value is -0.940. The molecule has 0 aliphatic carbocycles. The fourth-order valence-corrected chi connectivity index (χ4v) is 2.67. The Labute approximate surface area is 128 Å². The topological polar surface area (TPSA) is 44.7 Å². The molecule has 1 unspecified atom stereocenters. The Bertz CT molecular complexity index is 378. The molecule has 4 nitrogen and oxygen atoms in total. The van der Waals surface area contributed by atoms with E-state index in [1.165, 1.54) is 25.9 Å². The molecule has 0 radical (unpaired) electrons. The van der Waals surface area contributed by atoms with E-state index >= 15 is 0 Å². The van der Waals surface area contributed by atoms with Gasteiger partial charge in [-0.15, -0.1) is 0 Å². The monoisotopic (exact) mass is 292 g/mol. The fraction of sp³-hybridized carbons (Fsp3) is 0.647. The van der Waals surface area contributed by atoms with Gasteiger partial charge in [0.05, 0.1) is 19.3 Å². The summed E-state index contributed by atoms with van der Waals surface area (Å²) in [7, 11) is 2.18. The number of hydrogen-bond donors (Lipinski definition) is 2. The SMILES string of the molecule is CN1CCC(CNCC(O)COCc2ccccc2)CC1. The van der Waals surface area contributed by atoms with Crippen molar-refractivity contribution in [1.82, 2.24) is 10.2 Å². The summed E-state index contributed by atoms with van der Waals surface area (Å²) in [6.45, 7) is 4.94. The van der Waals surface area contributed by atoms with Crippen LogP contribution >= 0.6 is 0 Å². The van der Waals surface area contributed by atoms with Crippen molar-refractivity contribution >= 4 is 0 Å². The number of aliphatic hydroxyl groups is 1. The first kappa shape index (κ1) is 16.4. The average molecular weight is 292 g/mol. The number of rotatable bonds is 8. The van der Waals surface area contributed by atoms with Gasteiger partial charge in [0.2, 0.25) is 0 Å². The van der Waals surface area contributed by atoms with Gasteiger partial charge in [-0.25, -0.2) is 0 Å².